The Morgan fingerprint density at radius 1 is 0.609 bits per heavy atom. The molecule has 0 N–H and O–H groups in total. The van der Waals surface area contributed by atoms with Crippen molar-refractivity contribution in [2.45, 2.75) is 0 Å². The Hall–Kier alpha value is -2.57. The van der Waals surface area contributed by atoms with Gasteiger partial charge in [-0.15, -0.1) is 0 Å². The van der Waals surface area contributed by atoms with Gasteiger partial charge in [0, 0.05) is 5.03 Å². The van der Waals surface area contributed by atoms with E-state index in [1.165, 1.54) is 11.1 Å². The molecule has 0 heterocycles. The van der Waals surface area contributed by atoms with Gasteiger partial charge in [0.15, 0.2) is 0 Å². The van der Waals surface area contributed by atoms with Crippen molar-refractivity contribution < 1.29 is 0 Å². The number of halogens is 1. The van der Waals surface area contributed by atoms with Crippen LogP contribution in [0.2, 0.25) is 0 Å². The van der Waals surface area contributed by atoms with Crippen molar-refractivity contribution in [3.05, 3.63) is 107 Å². The molecule has 0 atom stereocenters. The van der Waals surface area contributed by atoms with Crippen molar-refractivity contribution in [3.63, 3.8) is 0 Å². The minimum Gasteiger partial charge on any atom is -0.0843 e. The first-order valence-electron chi connectivity index (χ1n) is 7.57. The van der Waals surface area contributed by atoms with Gasteiger partial charge in [0.2, 0.25) is 0 Å². The molecule has 0 aliphatic carbocycles. The fourth-order valence-corrected chi connectivity index (χ4v) is 2.54. The molecule has 112 valence electrons. The van der Waals surface area contributed by atoms with Gasteiger partial charge < -0.3 is 0 Å². The molecule has 0 aliphatic rings. The summed E-state index contributed by atoms with van der Waals surface area (Å²) in [5.74, 6) is 0. The topological polar surface area (TPSA) is 0 Å². The molecular formula is C22H17Cl. The first-order valence-corrected chi connectivity index (χ1v) is 7.95. The van der Waals surface area contributed by atoms with Crippen LogP contribution < -0.4 is 0 Å². The lowest BCUT2D eigenvalue weighted by Gasteiger charge is -2.01. The molecule has 1 heteroatoms. The standard InChI is InChI=1S/C22H17Cl/c23-22(17-19-7-3-1-4-8-19)16-13-18-11-14-21(15-12-18)20-9-5-2-6-10-20/h1-17H. The molecular weight excluding hydrogens is 300 g/mol. The average Bonchev–Trinajstić information content (AvgIpc) is 2.62. The number of benzene rings is 3. The third kappa shape index (κ3) is 4.45. The highest BCUT2D eigenvalue weighted by Crippen LogP contribution is 2.20. The molecule has 0 nitrogen and oxygen atoms in total. The smallest absolute Gasteiger partial charge is 0.0412 e. The second kappa shape index (κ2) is 7.62. The molecule has 0 aromatic heterocycles. The quantitative estimate of drug-likeness (QED) is 0.473. The summed E-state index contributed by atoms with van der Waals surface area (Å²) in [6, 6.07) is 28.9. The molecule has 3 aromatic rings. The van der Waals surface area contributed by atoms with Crippen LogP contribution in [0.5, 0.6) is 0 Å². The normalized spacial score (nSPS) is 11.8. The maximum Gasteiger partial charge on any atom is 0.0412 e. The molecule has 0 radical (unpaired) electrons. The zero-order chi connectivity index (χ0) is 15.9. The number of hydrogen-bond donors (Lipinski definition) is 0. The summed E-state index contributed by atoms with van der Waals surface area (Å²) < 4.78 is 0. The molecule has 0 unspecified atom stereocenters. The molecule has 0 amide bonds. The van der Waals surface area contributed by atoms with Crippen LogP contribution >= 0.6 is 11.6 Å². The van der Waals surface area contributed by atoms with Crippen LogP contribution in [-0.4, -0.2) is 0 Å². The van der Waals surface area contributed by atoms with E-state index in [2.05, 4.69) is 48.5 Å². The number of allylic oxidation sites excluding steroid dienone is 2. The zero-order valence-corrected chi connectivity index (χ0v) is 13.4. The monoisotopic (exact) mass is 316 g/mol. The fourth-order valence-electron chi connectivity index (χ4n) is 2.35. The van der Waals surface area contributed by atoms with E-state index >= 15 is 0 Å². The predicted molar refractivity (Wildman–Crippen MR) is 101 cm³/mol. The lowest BCUT2D eigenvalue weighted by Crippen LogP contribution is -1.78. The average molecular weight is 317 g/mol. The summed E-state index contributed by atoms with van der Waals surface area (Å²) in [6.45, 7) is 0. The molecule has 0 aliphatic heterocycles. The van der Waals surface area contributed by atoms with Crippen LogP contribution in [0.15, 0.2) is 96.0 Å². The number of hydrogen-bond acceptors (Lipinski definition) is 0. The largest absolute Gasteiger partial charge is 0.0843 e. The minimum absolute atomic E-state index is 0.711. The molecule has 0 fully saturated rings. The van der Waals surface area contributed by atoms with Crippen LogP contribution in [0.25, 0.3) is 23.3 Å². The molecule has 0 bridgehead atoms. The molecule has 23 heavy (non-hydrogen) atoms. The van der Waals surface area contributed by atoms with E-state index in [-0.39, 0.29) is 0 Å². The Bertz CT molecular complexity index is 798. The highest BCUT2D eigenvalue weighted by atomic mass is 35.5. The maximum atomic E-state index is 6.27. The summed E-state index contributed by atoms with van der Waals surface area (Å²) in [4.78, 5) is 0. The van der Waals surface area contributed by atoms with Crippen molar-refractivity contribution >= 4 is 23.8 Å². The second-order valence-corrected chi connectivity index (χ2v) is 5.70. The summed E-state index contributed by atoms with van der Waals surface area (Å²) in [5.41, 5.74) is 4.67. The van der Waals surface area contributed by atoms with Crippen molar-refractivity contribution in [2.75, 3.05) is 0 Å². The predicted octanol–water partition coefficient (Wildman–Crippen LogP) is 6.65. The van der Waals surface area contributed by atoms with Crippen molar-refractivity contribution in [1.82, 2.24) is 0 Å². The van der Waals surface area contributed by atoms with Crippen molar-refractivity contribution in [2.24, 2.45) is 0 Å². The van der Waals surface area contributed by atoms with Gasteiger partial charge in [-0.3, -0.25) is 0 Å². The first-order chi connectivity index (χ1) is 11.3. The van der Waals surface area contributed by atoms with Crippen molar-refractivity contribution in [1.29, 1.82) is 0 Å². The van der Waals surface area contributed by atoms with E-state index in [1.54, 1.807) is 0 Å². The summed E-state index contributed by atoms with van der Waals surface area (Å²) in [5, 5.41) is 0.711. The van der Waals surface area contributed by atoms with E-state index in [4.69, 9.17) is 11.6 Å². The van der Waals surface area contributed by atoms with Crippen molar-refractivity contribution in [3.8, 4) is 11.1 Å². The molecule has 0 saturated heterocycles. The van der Waals surface area contributed by atoms with Gasteiger partial charge in [-0.05, 0) is 34.4 Å². The Kier molecular flexibility index (Phi) is 5.08. The third-order valence-electron chi connectivity index (χ3n) is 3.56. The Morgan fingerprint density at radius 2 is 1.17 bits per heavy atom. The van der Waals surface area contributed by atoms with E-state index < -0.39 is 0 Å². The van der Waals surface area contributed by atoms with E-state index in [0.29, 0.717) is 5.03 Å². The van der Waals surface area contributed by atoms with E-state index in [1.807, 2.05) is 54.6 Å². The van der Waals surface area contributed by atoms with Crippen LogP contribution in [0.1, 0.15) is 11.1 Å². The van der Waals surface area contributed by atoms with E-state index in [9.17, 15) is 0 Å². The summed E-state index contributed by atoms with van der Waals surface area (Å²) in [6.07, 6.45) is 5.90. The lowest BCUT2D eigenvalue weighted by atomic mass is 10.0. The third-order valence-corrected chi connectivity index (χ3v) is 3.79. The van der Waals surface area contributed by atoms with Gasteiger partial charge >= 0.3 is 0 Å². The summed E-state index contributed by atoms with van der Waals surface area (Å²) in [7, 11) is 0. The van der Waals surface area contributed by atoms with Gasteiger partial charge in [-0.1, -0.05) is 103 Å². The molecule has 3 rings (SSSR count). The highest BCUT2D eigenvalue weighted by Gasteiger charge is 1.96. The highest BCUT2D eigenvalue weighted by molar-refractivity contribution is 6.33. The van der Waals surface area contributed by atoms with Gasteiger partial charge in [-0.2, -0.15) is 0 Å². The Labute approximate surface area is 142 Å². The minimum atomic E-state index is 0.711. The maximum absolute atomic E-state index is 6.27. The van der Waals surface area contributed by atoms with Gasteiger partial charge in [0.1, 0.15) is 0 Å². The number of rotatable bonds is 4. The first kappa shape index (κ1) is 15.3. The van der Waals surface area contributed by atoms with Crippen LogP contribution in [0.4, 0.5) is 0 Å². The zero-order valence-electron chi connectivity index (χ0n) is 12.7. The molecule has 3 aromatic carbocycles. The summed E-state index contributed by atoms with van der Waals surface area (Å²) >= 11 is 6.27. The fraction of sp³-hybridized carbons (Fsp3) is 0. The SMILES string of the molecule is ClC(C=Cc1ccc(-c2ccccc2)cc1)=Cc1ccccc1. The second-order valence-electron chi connectivity index (χ2n) is 5.26. The van der Waals surface area contributed by atoms with Gasteiger partial charge in [0.05, 0.1) is 0 Å². The molecule has 0 spiro atoms. The van der Waals surface area contributed by atoms with E-state index in [0.717, 1.165) is 11.1 Å². The van der Waals surface area contributed by atoms with Gasteiger partial charge in [0.25, 0.3) is 0 Å². The Balaban J connectivity index is 1.72. The van der Waals surface area contributed by atoms with Crippen LogP contribution in [0.3, 0.4) is 0 Å². The Morgan fingerprint density at radius 3 is 1.83 bits per heavy atom. The van der Waals surface area contributed by atoms with Gasteiger partial charge in [-0.25, -0.2) is 0 Å². The lowest BCUT2D eigenvalue weighted by molar-refractivity contribution is 1.60. The molecule has 0 saturated carbocycles. The van der Waals surface area contributed by atoms with Crippen LogP contribution in [0, 0.1) is 0 Å². The van der Waals surface area contributed by atoms with Crippen LogP contribution in [-0.2, 0) is 0 Å².